The van der Waals surface area contributed by atoms with Crippen LogP contribution in [0.2, 0.25) is 0 Å². The van der Waals surface area contributed by atoms with E-state index in [9.17, 15) is 8.78 Å². The first-order valence-electron chi connectivity index (χ1n) is 5.69. The van der Waals surface area contributed by atoms with Crippen LogP contribution in [0.1, 0.15) is 38.7 Å². The second-order valence-corrected chi connectivity index (χ2v) is 4.46. The maximum absolute atomic E-state index is 13.4. The number of hydrogen-bond donors (Lipinski definition) is 1. The molecule has 16 heavy (non-hydrogen) atoms. The number of halogens is 2. The van der Waals surface area contributed by atoms with Gasteiger partial charge in [0, 0.05) is 6.04 Å². The summed E-state index contributed by atoms with van der Waals surface area (Å²) >= 11 is 0. The average Bonchev–Trinajstić information content (AvgIpc) is 2.21. The topological polar surface area (TPSA) is 12.0 Å². The lowest BCUT2D eigenvalue weighted by Gasteiger charge is -2.14. The zero-order valence-corrected chi connectivity index (χ0v) is 10.1. The van der Waals surface area contributed by atoms with Gasteiger partial charge in [-0.2, -0.15) is 0 Å². The third-order valence-corrected chi connectivity index (χ3v) is 2.62. The van der Waals surface area contributed by atoms with Gasteiger partial charge < -0.3 is 5.32 Å². The van der Waals surface area contributed by atoms with Gasteiger partial charge in [-0.05, 0) is 42.6 Å². The quantitative estimate of drug-likeness (QED) is 0.812. The van der Waals surface area contributed by atoms with E-state index >= 15 is 0 Å². The Morgan fingerprint density at radius 2 is 1.88 bits per heavy atom. The van der Waals surface area contributed by atoms with Crippen LogP contribution in [0.3, 0.4) is 0 Å². The highest BCUT2D eigenvalue weighted by Crippen LogP contribution is 2.22. The summed E-state index contributed by atoms with van der Waals surface area (Å²) in [6, 6.07) is 4.05. The molecule has 0 aliphatic rings. The summed E-state index contributed by atoms with van der Waals surface area (Å²) in [5.74, 6) is -0.666. The molecule has 0 spiro atoms. The molecule has 0 aliphatic heterocycles. The van der Waals surface area contributed by atoms with Crippen molar-refractivity contribution in [3.63, 3.8) is 0 Å². The van der Waals surface area contributed by atoms with Crippen LogP contribution in [0.5, 0.6) is 0 Å². The Bertz CT molecular complexity index is 337. The van der Waals surface area contributed by atoms with Crippen molar-refractivity contribution in [2.24, 2.45) is 0 Å². The van der Waals surface area contributed by atoms with Crippen LogP contribution in [0.4, 0.5) is 8.78 Å². The molecule has 0 saturated carbocycles. The standard InChI is InChI=1S/C13H19F2N/c1-9(2)16-7-6-10(3)12-8-11(14)4-5-13(12)15/h4-5,8-10,16H,6-7H2,1-3H3. The van der Waals surface area contributed by atoms with Crippen LogP contribution in [-0.2, 0) is 0 Å². The van der Waals surface area contributed by atoms with Gasteiger partial charge in [0.1, 0.15) is 11.6 Å². The molecular formula is C13H19F2N. The van der Waals surface area contributed by atoms with Crippen LogP contribution < -0.4 is 5.32 Å². The molecule has 0 radical (unpaired) electrons. The van der Waals surface area contributed by atoms with Gasteiger partial charge >= 0.3 is 0 Å². The Kier molecular flexibility index (Phi) is 4.87. The van der Waals surface area contributed by atoms with Crippen molar-refractivity contribution in [3.05, 3.63) is 35.4 Å². The molecule has 90 valence electrons. The molecule has 0 aromatic heterocycles. The first kappa shape index (κ1) is 13.1. The summed E-state index contributed by atoms with van der Waals surface area (Å²) in [6.45, 7) is 6.86. The van der Waals surface area contributed by atoms with Crippen molar-refractivity contribution >= 4 is 0 Å². The van der Waals surface area contributed by atoms with Crippen LogP contribution in [0, 0.1) is 11.6 Å². The molecule has 0 aliphatic carbocycles. The molecule has 1 atom stereocenters. The SMILES string of the molecule is CC(C)NCCC(C)c1cc(F)ccc1F. The molecule has 0 fully saturated rings. The molecule has 1 rings (SSSR count). The highest BCUT2D eigenvalue weighted by atomic mass is 19.1. The summed E-state index contributed by atoms with van der Waals surface area (Å²) in [5, 5.41) is 3.26. The molecule has 3 heteroatoms. The van der Waals surface area contributed by atoms with E-state index in [1.807, 2.05) is 6.92 Å². The maximum Gasteiger partial charge on any atom is 0.126 e. The Hall–Kier alpha value is -0.960. The van der Waals surface area contributed by atoms with E-state index in [1.54, 1.807) is 0 Å². The van der Waals surface area contributed by atoms with Crippen LogP contribution in [0.25, 0.3) is 0 Å². The second-order valence-electron chi connectivity index (χ2n) is 4.46. The Morgan fingerprint density at radius 3 is 2.50 bits per heavy atom. The van der Waals surface area contributed by atoms with Gasteiger partial charge in [-0.1, -0.05) is 20.8 Å². The number of benzene rings is 1. The summed E-state index contributed by atoms with van der Waals surface area (Å²) in [4.78, 5) is 0. The van der Waals surface area contributed by atoms with Gasteiger partial charge in [0.25, 0.3) is 0 Å². The molecule has 0 saturated heterocycles. The maximum atomic E-state index is 13.4. The van der Waals surface area contributed by atoms with Crippen molar-refractivity contribution in [2.75, 3.05) is 6.54 Å². The first-order chi connectivity index (χ1) is 7.50. The number of hydrogen-bond acceptors (Lipinski definition) is 1. The molecule has 1 N–H and O–H groups in total. The highest BCUT2D eigenvalue weighted by molar-refractivity contribution is 5.22. The summed E-state index contributed by atoms with van der Waals surface area (Å²) < 4.78 is 26.4. The van der Waals surface area contributed by atoms with E-state index in [2.05, 4.69) is 19.2 Å². The van der Waals surface area contributed by atoms with Crippen LogP contribution in [-0.4, -0.2) is 12.6 Å². The molecule has 0 bridgehead atoms. The van der Waals surface area contributed by atoms with Gasteiger partial charge in [0.15, 0.2) is 0 Å². The lowest BCUT2D eigenvalue weighted by atomic mass is 9.97. The zero-order valence-electron chi connectivity index (χ0n) is 10.1. The largest absolute Gasteiger partial charge is 0.315 e. The minimum absolute atomic E-state index is 0.0296. The van der Waals surface area contributed by atoms with Gasteiger partial charge in [-0.3, -0.25) is 0 Å². The average molecular weight is 227 g/mol. The van der Waals surface area contributed by atoms with Gasteiger partial charge in [0.2, 0.25) is 0 Å². The molecule has 1 aromatic rings. The molecule has 1 unspecified atom stereocenters. The Morgan fingerprint density at radius 1 is 1.19 bits per heavy atom. The fourth-order valence-electron chi connectivity index (χ4n) is 1.64. The first-order valence-corrected chi connectivity index (χ1v) is 5.69. The fourth-order valence-corrected chi connectivity index (χ4v) is 1.64. The van der Waals surface area contributed by atoms with E-state index in [4.69, 9.17) is 0 Å². The predicted molar refractivity (Wildman–Crippen MR) is 62.5 cm³/mol. The van der Waals surface area contributed by atoms with Crippen LogP contribution in [0.15, 0.2) is 18.2 Å². The van der Waals surface area contributed by atoms with E-state index in [0.29, 0.717) is 11.6 Å². The predicted octanol–water partition coefficient (Wildman–Crippen LogP) is 3.46. The number of rotatable bonds is 5. The van der Waals surface area contributed by atoms with Crippen molar-refractivity contribution < 1.29 is 8.78 Å². The summed E-state index contributed by atoms with van der Waals surface area (Å²) in [6.07, 6.45) is 0.804. The third-order valence-electron chi connectivity index (χ3n) is 2.62. The normalized spacial score (nSPS) is 13.1. The Labute approximate surface area is 95.9 Å². The summed E-state index contributed by atoms with van der Waals surface area (Å²) in [5.41, 5.74) is 0.463. The summed E-state index contributed by atoms with van der Waals surface area (Å²) in [7, 11) is 0. The second kappa shape index (κ2) is 5.94. The lowest BCUT2D eigenvalue weighted by Crippen LogP contribution is -2.24. The monoisotopic (exact) mass is 227 g/mol. The van der Waals surface area contributed by atoms with Crippen LogP contribution >= 0.6 is 0 Å². The van der Waals surface area contributed by atoms with E-state index in [1.165, 1.54) is 12.1 Å². The van der Waals surface area contributed by atoms with E-state index in [0.717, 1.165) is 19.0 Å². The minimum atomic E-state index is -0.375. The molecule has 1 aromatic carbocycles. The number of nitrogens with one attached hydrogen (secondary N) is 1. The zero-order chi connectivity index (χ0) is 12.1. The van der Waals surface area contributed by atoms with Crippen molar-refractivity contribution in [1.82, 2.24) is 5.32 Å². The molecule has 0 amide bonds. The highest BCUT2D eigenvalue weighted by Gasteiger charge is 2.11. The minimum Gasteiger partial charge on any atom is -0.315 e. The van der Waals surface area contributed by atoms with Gasteiger partial charge in [-0.15, -0.1) is 0 Å². The molecule has 1 nitrogen and oxygen atoms in total. The molecule has 0 heterocycles. The molecular weight excluding hydrogens is 208 g/mol. The smallest absolute Gasteiger partial charge is 0.126 e. The van der Waals surface area contributed by atoms with Crippen molar-refractivity contribution in [2.45, 2.75) is 39.2 Å². The lowest BCUT2D eigenvalue weighted by molar-refractivity contribution is 0.518. The fraction of sp³-hybridized carbons (Fsp3) is 0.538. The third kappa shape index (κ3) is 3.89. The van der Waals surface area contributed by atoms with Gasteiger partial charge in [-0.25, -0.2) is 8.78 Å². The Balaban J connectivity index is 2.58. The van der Waals surface area contributed by atoms with Gasteiger partial charge in [0.05, 0.1) is 0 Å². The van der Waals surface area contributed by atoms with E-state index in [-0.39, 0.29) is 17.6 Å². The van der Waals surface area contributed by atoms with E-state index < -0.39 is 0 Å². The van der Waals surface area contributed by atoms with Crippen molar-refractivity contribution in [1.29, 1.82) is 0 Å². The van der Waals surface area contributed by atoms with Crippen molar-refractivity contribution in [3.8, 4) is 0 Å².